The highest BCUT2D eigenvalue weighted by molar-refractivity contribution is 7.44. The topological polar surface area (TPSA) is 168 Å². The molecule has 0 radical (unpaired) electrons. The Morgan fingerprint density at radius 2 is 1.51 bits per heavy atom. The number of hydrogen-bond acceptors (Lipinski definition) is 12. The van der Waals surface area contributed by atoms with Crippen LogP contribution in [0.15, 0.2) is 125 Å². The van der Waals surface area contributed by atoms with Gasteiger partial charge in [0.1, 0.15) is 35.1 Å². The van der Waals surface area contributed by atoms with Gasteiger partial charge in [-0.3, -0.25) is 14.3 Å². The fourth-order valence-corrected chi connectivity index (χ4v) is 9.87. The van der Waals surface area contributed by atoms with Crippen LogP contribution in [0.5, 0.6) is 11.5 Å². The summed E-state index contributed by atoms with van der Waals surface area (Å²) in [4.78, 5) is 29.7. The number of rotatable bonds is 20. The van der Waals surface area contributed by atoms with Crippen molar-refractivity contribution in [1.29, 1.82) is 5.26 Å². The molecule has 2 aromatic heterocycles. The minimum Gasteiger partial charge on any atom is -0.497 e. The Morgan fingerprint density at radius 1 is 0.892 bits per heavy atom. The molecule has 0 bridgehead atoms. The van der Waals surface area contributed by atoms with Crippen LogP contribution in [0.4, 0.5) is 0 Å². The lowest BCUT2D eigenvalue weighted by atomic mass is 9.80. The minimum atomic E-state index is -1.75. The van der Waals surface area contributed by atoms with E-state index in [0.717, 1.165) is 22.3 Å². The van der Waals surface area contributed by atoms with E-state index < -0.39 is 43.8 Å². The number of nitriles is 1. The zero-order valence-electron chi connectivity index (χ0n) is 37.2. The third-order valence-electron chi connectivity index (χ3n) is 11.1. The lowest BCUT2D eigenvalue weighted by Gasteiger charge is -2.39. The van der Waals surface area contributed by atoms with E-state index in [4.69, 9.17) is 39.6 Å². The van der Waals surface area contributed by atoms with E-state index in [2.05, 4.69) is 53.7 Å². The van der Waals surface area contributed by atoms with Gasteiger partial charge >= 0.3 is 5.69 Å². The van der Waals surface area contributed by atoms with Crippen LogP contribution in [0, 0.1) is 11.3 Å². The van der Waals surface area contributed by atoms with E-state index in [1.807, 2.05) is 91.0 Å². The molecule has 3 heterocycles. The molecule has 0 spiro atoms. The summed E-state index contributed by atoms with van der Waals surface area (Å²) < 4.78 is 43.7. The third kappa shape index (κ3) is 10.9. The first-order valence-corrected chi connectivity index (χ1v) is 22.8. The van der Waals surface area contributed by atoms with Crippen molar-refractivity contribution in [3.63, 3.8) is 0 Å². The van der Waals surface area contributed by atoms with Crippen LogP contribution in [-0.4, -0.2) is 80.9 Å². The summed E-state index contributed by atoms with van der Waals surface area (Å²) in [5, 5.41) is 18.6. The van der Waals surface area contributed by atoms with E-state index in [0.29, 0.717) is 23.1 Å². The molecule has 2 unspecified atom stereocenters. The average molecular weight is 922 g/mol. The maximum atomic E-state index is 13.8. The molecule has 7 rings (SSSR count). The fraction of sp³-hybridized carbons (Fsp3) is 0.354. The van der Waals surface area contributed by atoms with Crippen LogP contribution in [0.1, 0.15) is 69.0 Å². The van der Waals surface area contributed by atoms with E-state index in [1.54, 1.807) is 37.2 Å². The number of H-pyrrole nitrogens is 1. The Labute approximate surface area is 384 Å². The van der Waals surface area contributed by atoms with Crippen molar-refractivity contribution in [3.8, 4) is 28.8 Å². The summed E-state index contributed by atoms with van der Waals surface area (Å²) >= 11 is 6.09. The second-order valence-electron chi connectivity index (χ2n) is 16.0. The molecule has 0 amide bonds. The number of benzene rings is 4. The van der Waals surface area contributed by atoms with Crippen molar-refractivity contribution >= 4 is 20.1 Å². The standard InChI is InChI=1S/C48H53ClN7O8P/c1-32(2)56(33(3)4)65(62-26-10-25-50)64-43-27-45(55-29-41(46(57)51-47(55)58)42-30-54(53-52-42)28-34-13-19-38(49)20-14-34)63-44(43)31-61-48(35-11-8-7-9-12-35,36-15-21-39(59-5)22-16-36)37-17-23-40(60-6)24-18-37/h7-9,11-24,29-30,32-33,43-45H,10,26-28,31H2,1-6H3,(H,51,57,58)/t43?,44-,45-,65?/m1/s1. The zero-order valence-corrected chi connectivity index (χ0v) is 38.8. The minimum absolute atomic E-state index is 0.0179. The largest absolute Gasteiger partial charge is 0.497 e. The maximum absolute atomic E-state index is 13.8. The molecule has 4 atom stereocenters. The second kappa shape index (κ2) is 21.5. The smallest absolute Gasteiger partial charge is 0.330 e. The molecule has 15 nitrogen and oxygen atoms in total. The van der Waals surface area contributed by atoms with Crippen molar-refractivity contribution in [3.05, 3.63) is 164 Å². The average Bonchev–Trinajstić information content (AvgIpc) is 3.94. The van der Waals surface area contributed by atoms with E-state index >= 15 is 0 Å². The number of ether oxygens (including phenoxy) is 4. The molecule has 1 N–H and O–H groups in total. The highest BCUT2D eigenvalue weighted by Crippen LogP contribution is 2.51. The number of methoxy groups -OCH3 is 2. The highest BCUT2D eigenvalue weighted by Gasteiger charge is 2.45. The van der Waals surface area contributed by atoms with Gasteiger partial charge in [-0.25, -0.2) is 14.1 Å². The van der Waals surface area contributed by atoms with Gasteiger partial charge in [0.2, 0.25) is 0 Å². The Morgan fingerprint density at radius 3 is 2.09 bits per heavy atom. The molecule has 1 aliphatic rings. The SMILES string of the molecule is COc1ccc(C(OC[C@H]2O[C@@H](n3cc(-c4cn(Cc5ccc(Cl)cc5)nn4)c(=O)[nH]c3=O)CC2OP(OCCC#N)N(C(C)C)C(C)C)(c2ccccc2)c2ccc(OC)cc2)cc1. The van der Waals surface area contributed by atoms with Crippen molar-refractivity contribution in [2.24, 2.45) is 0 Å². The lowest BCUT2D eigenvalue weighted by molar-refractivity contribution is -0.0925. The first-order chi connectivity index (χ1) is 31.4. The Balaban J connectivity index is 1.29. The molecule has 4 aromatic carbocycles. The van der Waals surface area contributed by atoms with Gasteiger partial charge in [-0.15, -0.1) is 5.10 Å². The highest BCUT2D eigenvalue weighted by atomic mass is 35.5. The number of halogens is 1. The maximum Gasteiger partial charge on any atom is 0.330 e. The van der Waals surface area contributed by atoms with Crippen LogP contribution in [-0.2, 0) is 30.7 Å². The van der Waals surface area contributed by atoms with Crippen LogP contribution >= 0.6 is 20.1 Å². The Hall–Kier alpha value is -5.69. The first kappa shape index (κ1) is 47.3. The van der Waals surface area contributed by atoms with E-state index in [-0.39, 0.29) is 49.4 Å². The molecule has 17 heteroatoms. The first-order valence-electron chi connectivity index (χ1n) is 21.3. The summed E-state index contributed by atoms with van der Waals surface area (Å²) in [5.74, 6) is 1.36. The fourth-order valence-electron chi connectivity index (χ4n) is 7.98. The summed E-state index contributed by atoms with van der Waals surface area (Å²) in [6.45, 7) is 8.76. The molecule has 1 saturated heterocycles. The number of nitrogens with zero attached hydrogens (tertiary/aromatic N) is 6. The van der Waals surface area contributed by atoms with Gasteiger partial charge in [-0.1, -0.05) is 83.5 Å². The molecule has 0 aliphatic carbocycles. The lowest BCUT2D eigenvalue weighted by Crippen LogP contribution is -2.39. The normalized spacial score (nSPS) is 16.8. The molecule has 65 heavy (non-hydrogen) atoms. The van der Waals surface area contributed by atoms with Crippen LogP contribution < -0.4 is 20.7 Å². The molecular weight excluding hydrogens is 869 g/mol. The van der Waals surface area contributed by atoms with Gasteiger partial charge in [-0.2, -0.15) is 5.26 Å². The molecule has 1 fully saturated rings. The third-order valence-corrected chi connectivity index (χ3v) is 13.5. The van der Waals surface area contributed by atoms with Crippen molar-refractivity contribution in [2.45, 2.75) is 83.2 Å². The van der Waals surface area contributed by atoms with Crippen molar-refractivity contribution in [1.82, 2.24) is 29.2 Å². The summed E-state index contributed by atoms with van der Waals surface area (Å²) in [7, 11) is 1.49. The van der Waals surface area contributed by atoms with E-state index in [9.17, 15) is 14.9 Å². The van der Waals surface area contributed by atoms with Gasteiger partial charge in [0.15, 0.2) is 0 Å². The van der Waals surface area contributed by atoms with Crippen LogP contribution in [0.2, 0.25) is 5.02 Å². The predicted molar refractivity (Wildman–Crippen MR) is 248 cm³/mol. The Kier molecular flexibility index (Phi) is 15.7. The van der Waals surface area contributed by atoms with Gasteiger partial charge in [-0.05, 0) is 86.3 Å². The number of aromatic nitrogens is 5. The number of nitrogens with one attached hydrogen (secondary N) is 1. The number of hydrogen-bond donors (Lipinski definition) is 1. The quantitative estimate of drug-likeness (QED) is 0.0441. The molecule has 6 aromatic rings. The van der Waals surface area contributed by atoms with E-state index in [1.165, 1.54) is 10.8 Å². The molecular formula is C48H53ClN7O8P. The summed E-state index contributed by atoms with van der Waals surface area (Å²) in [6, 6.07) is 34.9. The summed E-state index contributed by atoms with van der Waals surface area (Å²) in [6.07, 6.45) is 1.04. The summed E-state index contributed by atoms with van der Waals surface area (Å²) in [5.41, 5.74) is 1.33. The Bertz CT molecular complexity index is 2580. The van der Waals surface area contributed by atoms with Gasteiger partial charge < -0.3 is 28.0 Å². The number of aromatic amines is 1. The van der Waals surface area contributed by atoms with Crippen molar-refractivity contribution in [2.75, 3.05) is 27.4 Å². The molecule has 1 aliphatic heterocycles. The zero-order chi connectivity index (χ0) is 46.1. The van der Waals surface area contributed by atoms with Crippen LogP contribution in [0.25, 0.3) is 11.3 Å². The van der Waals surface area contributed by atoms with Gasteiger partial charge in [0, 0.05) is 29.7 Å². The monoisotopic (exact) mass is 921 g/mol. The van der Waals surface area contributed by atoms with Crippen molar-refractivity contribution < 1.29 is 28.0 Å². The molecule has 0 saturated carbocycles. The van der Waals surface area contributed by atoms with Crippen LogP contribution in [0.3, 0.4) is 0 Å². The predicted octanol–water partition coefficient (Wildman–Crippen LogP) is 8.47. The van der Waals surface area contributed by atoms with Gasteiger partial charge in [0.25, 0.3) is 14.1 Å². The second-order valence-corrected chi connectivity index (χ2v) is 17.9. The molecule has 340 valence electrons. The van der Waals surface area contributed by atoms with Gasteiger partial charge in [0.05, 0.1) is 64.3 Å².